The van der Waals surface area contributed by atoms with E-state index in [0.29, 0.717) is 33.4 Å². The average molecular weight is 420 g/mol. The molecule has 0 aliphatic carbocycles. The van der Waals surface area contributed by atoms with Crippen molar-refractivity contribution in [2.75, 3.05) is 11.1 Å². The Morgan fingerprint density at radius 1 is 1.32 bits per heavy atom. The summed E-state index contributed by atoms with van der Waals surface area (Å²) in [6.45, 7) is 6.51. The van der Waals surface area contributed by atoms with Gasteiger partial charge in [0.2, 0.25) is 5.91 Å². The lowest BCUT2D eigenvalue weighted by molar-refractivity contribution is -0.113. The molecule has 1 N–H and O–H groups in total. The molecule has 0 aliphatic heterocycles. The maximum absolute atomic E-state index is 12.8. The van der Waals surface area contributed by atoms with Gasteiger partial charge in [-0.25, -0.2) is 9.67 Å². The van der Waals surface area contributed by atoms with E-state index >= 15 is 0 Å². The molecule has 0 bridgehead atoms. The molecule has 2 aromatic heterocycles. The first-order chi connectivity index (χ1) is 13.4. The summed E-state index contributed by atoms with van der Waals surface area (Å²) >= 11 is 7.28. The fourth-order valence-electron chi connectivity index (χ4n) is 2.84. The van der Waals surface area contributed by atoms with Crippen molar-refractivity contribution in [3.8, 4) is 0 Å². The molecule has 2 heterocycles. The monoisotopic (exact) mass is 419 g/mol. The molecule has 1 aromatic carbocycles. The lowest BCUT2D eigenvalue weighted by Crippen LogP contribution is -2.24. The Hall–Kier alpha value is -2.32. The van der Waals surface area contributed by atoms with Gasteiger partial charge in [-0.15, -0.1) is 0 Å². The molecule has 3 rings (SSSR count). The summed E-state index contributed by atoms with van der Waals surface area (Å²) in [6, 6.07) is 6.93. The molecule has 1 amide bonds. The van der Waals surface area contributed by atoms with Crippen molar-refractivity contribution in [3.63, 3.8) is 0 Å². The number of hydrogen-bond donors (Lipinski definition) is 1. The van der Waals surface area contributed by atoms with Gasteiger partial charge in [-0.1, -0.05) is 30.3 Å². The molecule has 9 heteroatoms. The van der Waals surface area contributed by atoms with E-state index in [4.69, 9.17) is 11.6 Å². The van der Waals surface area contributed by atoms with E-state index in [1.807, 2.05) is 20.8 Å². The zero-order chi connectivity index (χ0) is 20.3. The summed E-state index contributed by atoms with van der Waals surface area (Å²) < 4.78 is 3.36. The zero-order valence-corrected chi connectivity index (χ0v) is 17.5. The van der Waals surface area contributed by atoms with Crippen molar-refractivity contribution in [1.82, 2.24) is 19.3 Å². The summed E-state index contributed by atoms with van der Waals surface area (Å²) in [5, 5.41) is 8.61. The van der Waals surface area contributed by atoms with Crippen molar-refractivity contribution in [2.24, 2.45) is 0 Å². The molecule has 0 fully saturated rings. The number of halogens is 1. The molecule has 0 unspecified atom stereocenters. The molecular weight excluding hydrogens is 398 g/mol. The number of nitrogens with one attached hydrogen (secondary N) is 1. The lowest BCUT2D eigenvalue weighted by atomic mass is 10.2. The minimum absolute atomic E-state index is 0.121. The average Bonchev–Trinajstić information content (AvgIpc) is 3.11. The normalized spacial score (nSPS) is 11.3. The molecule has 0 saturated carbocycles. The third-order valence-electron chi connectivity index (χ3n) is 4.09. The van der Waals surface area contributed by atoms with Gasteiger partial charge >= 0.3 is 0 Å². The minimum Gasteiger partial charge on any atom is -0.310 e. The molecule has 0 spiro atoms. The van der Waals surface area contributed by atoms with Crippen LogP contribution in [0.2, 0.25) is 5.02 Å². The van der Waals surface area contributed by atoms with Gasteiger partial charge in [0.15, 0.2) is 5.16 Å². The van der Waals surface area contributed by atoms with Gasteiger partial charge in [-0.2, -0.15) is 5.10 Å². The second-order valence-corrected chi connectivity index (χ2v) is 7.98. The summed E-state index contributed by atoms with van der Waals surface area (Å²) in [4.78, 5) is 29.8. The van der Waals surface area contributed by atoms with Crippen LogP contribution in [0, 0.1) is 0 Å². The topological polar surface area (TPSA) is 81.8 Å². The van der Waals surface area contributed by atoms with Crippen LogP contribution in [0.5, 0.6) is 0 Å². The molecule has 28 heavy (non-hydrogen) atoms. The smallest absolute Gasteiger partial charge is 0.262 e. The molecule has 0 radical (unpaired) electrons. The summed E-state index contributed by atoms with van der Waals surface area (Å²) in [5.41, 5.74) is 0.412. The maximum Gasteiger partial charge on any atom is 0.262 e. The number of anilines is 1. The predicted molar refractivity (Wildman–Crippen MR) is 113 cm³/mol. The summed E-state index contributed by atoms with van der Waals surface area (Å²) in [5.74, 6) is 0.589. The van der Waals surface area contributed by atoms with Gasteiger partial charge in [0.05, 0.1) is 22.9 Å². The number of hydrogen-bond acceptors (Lipinski definition) is 5. The van der Waals surface area contributed by atoms with Crippen LogP contribution < -0.4 is 10.9 Å². The minimum atomic E-state index is -0.184. The van der Waals surface area contributed by atoms with Gasteiger partial charge in [0.1, 0.15) is 5.82 Å². The Labute approximate surface area is 172 Å². The molecule has 3 aromatic rings. The van der Waals surface area contributed by atoms with Crippen LogP contribution >= 0.6 is 23.4 Å². The Balaban J connectivity index is 1.82. The first kappa shape index (κ1) is 20.4. The second-order valence-electron chi connectivity index (χ2n) is 6.60. The van der Waals surface area contributed by atoms with Crippen LogP contribution in [-0.2, 0) is 11.3 Å². The number of amides is 1. The predicted octanol–water partition coefficient (Wildman–Crippen LogP) is 3.97. The largest absolute Gasteiger partial charge is 0.310 e. The highest BCUT2D eigenvalue weighted by Gasteiger charge is 2.15. The zero-order valence-electron chi connectivity index (χ0n) is 16.0. The summed E-state index contributed by atoms with van der Waals surface area (Å²) in [6.07, 6.45) is 2.43. The molecule has 0 saturated heterocycles. The van der Waals surface area contributed by atoms with Crippen molar-refractivity contribution in [1.29, 1.82) is 0 Å². The number of benzene rings is 1. The highest BCUT2D eigenvalue weighted by molar-refractivity contribution is 7.99. The number of carbonyl (C=O) groups excluding carboxylic acids is 1. The molecule has 7 nitrogen and oxygen atoms in total. The van der Waals surface area contributed by atoms with Gasteiger partial charge < -0.3 is 5.32 Å². The number of nitrogens with zero attached hydrogens (tertiary/aromatic N) is 4. The molecule has 0 aliphatic rings. The Kier molecular flexibility index (Phi) is 6.41. The lowest BCUT2D eigenvalue weighted by Gasteiger charge is -2.13. The first-order valence-electron chi connectivity index (χ1n) is 9.07. The second kappa shape index (κ2) is 8.79. The van der Waals surface area contributed by atoms with E-state index in [2.05, 4.69) is 15.4 Å². The van der Waals surface area contributed by atoms with Crippen molar-refractivity contribution in [3.05, 3.63) is 45.8 Å². The quantitative estimate of drug-likeness (QED) is 0.463. The Bertz CT molecular complexity index is 1060. The SMILES string of the molecule is CCCn1c(SCC(=O)Nc2ccnn2C(C)C)nc2cc(Cl)ccc2c1=O. The van der Waals surface area contributed by atoms with E-state index in [0.717, 1.165) is 6.42 Å². The first-order valence-corrected chi connectivity index (χ1v) is 10.4. The van der Waals surface area contributed by atoms with E-state index in [1.54, 1.807) is 39.7 Å². The van der Waals surface area contributed by atoms with E-state index in [9.17, 15) is 9.59 Å². The number of rotatable bonds is 7. The third kappa shape index (κ3) is 4.39. The van der Waals surface area contributed by atoms with Gasteiger partial charge in [0, 0.05) is 23.7 Å². The summed E-state index contributed by atoms with van der Waals surface area (Å²) in [7, 11) is 0. The van der Waals surface area contributed by atoms with Crippen LogP contribution in [0.1, 0.15) is 33.2 Å². The van der Waals surface area contributed by atoms with Crippen molar-refractivity contribution in [2.45, 2.75) is 44.9 Å². The molecular formula is C19H22ClN5O2S. The Morgan fingerprint density at radius 2 is 2.11 bits per heavy atom. The number of aromatic nitrogens is 4. The standard InChI is InChI=1S/C19H22ClN5O2S/c1-4-9-24-18(27)14-6-5-13(20)10-15(14)22-19(24)28-11-17(26)23-16-7-8-21-25(16)12(2)3/h5-8,10,12H,4,9,11H2,1-3H3,(H,23,26). The highest BCUT2D eigenvalue weighted by Crippen LogP contribution is 2.21. The van der Waals surface area contributed by atoms with Gasteiger partial charge in [-0.3, -0.25) is 14.2 Å². The van der Waals surface area contributed by atoms with Crippen LogP contribution in [0.25, 0.3) is 10.9 Å². The fraction of sp³-hybridized carbons (Fsp3) is 0.368. The van der Waals surface area contributed by atoms with E-state index in [1.165, 1.54) is 11.8 Å². The number of carbonyl (C=O) groups is 1. The van der Waals surface area contributed by atoms with Crippen LogP contribution in [0.4, 0.5) is 5.82 Å². The van der Waals surface area contributed by atoms with Gasteiger partial charge in [0.25, 0.3) is 5.56 Å². The van der Waals surface area contributed by atoms with Crippen molar-refractivity contribution < 1.29 is 4.79 Å². The fourth-order valence-corrected chi connectivity index (χ4v) is 3.83. The molecule has 0 atom stereocenters. The van der Waals surface area contributed by atoms with Gasteiger partial charge in [-0.05, 0) is 38.5 Å². The van der Waals surface area contributed by atoms with Crippen molar-refractivity contribution >= 4 is 46.0 Å². The number of thioether (sulfide) groups is 1. The maximum atomic E-state index is 12.8. The third-order valence-corrected chi connectivity index (χ3v) is 5.30. The van der Waals surface area contributed by atoms with Crippen LogP contribution in [0.15, 0.2) is 40.4 Å². The van der Waals surface area contributed by atoms with Crippen LogP contribution in [0.3, 0.4) is 0 Å². The number of fused-ring (bicyclic) bond motifs is 1. The van der Waals surface area contributed by atoms with E-state index in [-0.39, 0.29) is 23.3 Å². The highest BCUT2D eigenvalue weighted by atomic mass is 35.5. The molecule has 148 valence electrons. The van der Waals surface area contributed by atoms with E-state index < -0.39 is 0 Å². The van der Waals surface area contributed by atoms with Crippen LogP contribution in [-0.4, -0.2) is 31.0 Å². The Morgan fingerprint density at radius 3 is 2.82 bits per heavy atom.